The van der Waals surface area contributed by atoms with Gasteiger partial charge in [0.1, 0.15) is 0 Å². The van der Waals surface area contributed by atoms with E-state index in [0.29, 0.717) is 6.54 Å². The summed E-state index contributed by atoms with van der Waals surface area (Å²) in [6.45, 7) is 0.700. The highest BCUT2D eigenvalue weighted by Gasteiger charge is 2.07. The third kappa shape index (κ3) is 2.13. The maximum atomic E-state index is 6.22. The minimum atomic E-state index is -0.0329. The zero-order chi connectivity index (χ0) is 12.4. The van der Waals surface area contributed by atoms with Gasteiger partial charge in [-0.05, 0) is 28.5 Å². The van der Waals surface area contributed by atoms with Gasteiger partial charge in [0.05, 0.1) is 6.54 Å². The van der Waals surface area contributed by atoms with E-state index in [-0.39, 0.29) is 6.04 Å². The number of fused-ring (bicyclic) bond motifs is 1. The van der Waals surface area contributed by atoms with Crippen LogP contribution < -0.4 is 5.73 Å². The Morgan fingerprint density at radius 2 is 1.89 bits per heavy atom. The molecule has 0 fully saturated rings. The Labute approximate surface area is 106 Å². The number of aromatic nitrogens is 2. The molecule has 0 saturated carbocycles. The van der Waals surface area contributed by atoms with E-state index in [4.69, 9.17) is 5.73 Å². The second-order valence-corrected chi connectivity index (χ2v) is 4.44. The van der Waals surface area contributed by atoms with Crippen LogP contribution in [0.3, 0.4) is 0 Å². The predicted octanol–water partition coefficient (Wildman–Crippen LogP) is 2.74. The van der Waals surface area contributed by atoms with Crippen molar-refractivity contribution >= 4 is 10.8 Å². The Balaban J connectivity index is 1.89. The second-order valence-electron chi connectivity index (χ2n) is 4.44. The largest absolute Gasteiger partial charge is 0.322 e. The van der Waals surface area contributed by atoms with Gasteiger partial charge in [-0.15, -0.1) is 0 Å². The summed E-state index contributed by atoms with van der Waals surface area (Å²) in [7, 11) is 0. The number of nitrogens with zero attached hydrogens (tertiary/aromatic N) is 2. The smallest absolute Gasteiger partial charge is 0.0602 e. The highest BCUT2D eigenvalue weighted by Crippen LogP contribution is 2.20. The van der Waals surface area contributed by atoms with Crippen LogP contribution in [0.15, 0.2) is 60.9 Å². The van der Waals surface area contributed by atoms with Crippen LogP contribution in [0, 0.1) is 0 Å². The summed E-state index contributed by atoms with van der Waals surface area (Å²) >= 11 is 0. The first-order valence-corrected chi connectivity index (χ1v) is 6.04. The van der Waals surface area contributed by atoms with Crippen LogP contribution in [0.4, 0.5) is 0 Å². The van der Waals surface area contributed by atoms with Gasteiger partial charge in [-0.1, -0.05) is 36.4 Å². The quantitative estimate of drug-likeness (QED) is 0.761. The minimum absolute atomic E-state index is 0.0329. The molecule has 0 spiro atoms. The van der Waals surface area contributed by atoms with Gasteiger partial charge in [0.15, 0.2) is 0 Å². The summed E-state index contributed by atoms with van der Waals surface area (Å²) in [4.78, 5) is 0. The maximum Gasteiger partial charge on any atom is 0.0602 e. The molecule has 1 heterocycles. The molecule has 90 valence electrons. The molecule has 0 aliphatic heterocycles. The van der Waals surface area contributed by atoms with Crippen molar-refractivity contribution in [2.45, 2.75) is 12.6 Å². The summed E-state index contributed by atoms with van der Waals surface area (Å²) in [6.07, 6.45) is 3.70. The molecule has 2 aromatic carbocycles. The fraction of sp³-hybridized carbons (Fsp3) is 0.133. The van der Waals surface area contributed by atoms with Crippen molar-refractivity contribution < 1.29 is 0 Å². The van der Waals surface area contributed by atoms with Crippen LogP contribution in [0.5, 0.6) is 0 Å². The van der Waals surface area contributed by atoms with Crippen LogP contribution in [-0.2, 0) is 6.54 Å². The molecule has 18 heavy (non-hydrogen) atoms. The lowest BCUT2D eigenvalue weighted by molar-refractivity contribution is 0.528. The fourth-order valence-corrected chi connectivity index (χ4v) is 2.15. The number of hydrogen-bond acceptors (Lipinski definition) is 2. The monoisotopic (exact) mass is 237 g/mol. The zero-order valence-electron chi connectivity index (χ0n) is 10.0. The summed E-state index contributed by atoms with van der Waals surface area (Å²) in [6, 6.07) is 16.6. The molecule has 3 rings (SSSR count). The predicted molar refractivity (Wildman–Crippen MR) is 73.1 cm³/mol. The van der Waals surface area contributed by atoms with Crippen molar-refractivity contribution in [1.29, 1.82) is 0 Å². The molecule has 1 aromatic heterocycles. The first-order chi connectivity index (χ1) is 8.83. The Hall–Kier alpha value is -2.13. The second kappa shape index (κ2) is 4.63. The zero-order valence-corrected chi connectivity index (χ0v) is 10.0. The first kappa shape index (κ1) is 11.0. The Bertz CT molecular complexity index is 644. The Kier molecular flexibility index (Phi) is 2.82. The molecule has 0 aliphatic rings. The van der Waals surface area contributed by atoms with Crippen molar-refractivity contribution in [2.75, 3.05) is 0 Å². The molecule has 0 aliphatic carbocycles. The highest BCUT2D eigenvalue weighted by atomic mass is 15.3. The molecular formula is C15H15N3. The Morgan fingerprint density at radius 3 is 2.67 bits per heavy atom. The van der Waals surface area contributed by atoms with Gasteiger partial charge in [0.2, 0.25) is 0 Å². The van der Waals surface area contributed by atoms with Crippen LogP contribution in [0.2, 0.25) is 0 Å². The van der Waals surface area contributed by atoms with E-state index >= 15 is 0 Å². The van der Waals surface area contributed by atoms with Crippen LogP contribution in [0.1, 0.15) is 11.6 Å². The maximum absolute atomic E-state index is 6.22. The summed E-state index contributed by atoms with van der Waals surface area (Å²) < 4.78 is 1.86. The van der Waals surface area contributed by atoms with Gasteiger partial charge in [0, 0.05) is 18.4 Å². The average molecular weight is 237 g/mol. The molecular weight excluding hydrogens is 222 g/mol. The van der Waals surface area contributed by atoms with E-state index in [1.54, 1.807) is 6.20 Å². The lowest BCUT2D eigenvalue weighted by atomic mass is 10.0. The number of rotatable bonds is 3. The Morgan fingerprint density at radius 1 is 1.06 bits per heavy atom. The fourth-order valence-electron chi connectivity index (χ4n) is 2.15. The van der Waals surface area contributed by atoms with E-state index in [1.807, 2.05) is 29.1 Å². The summed E-state index contributed by atoms with van der Waals surface area (Å²) in [5.41, 5.74) is 7.36. The third-order valence-corrected chi connectivity index (χ3v) is 3.14. The van der Waals surface area contributed by atoms with Crippen molar-refractivity contribution in [1.82, 2.24) is 9.78 Å². The van der Waals surface area contributed by atoms with Crippen molar-refractivity contribution in [3.63, 3.8) is 0 Å². The molecule has 2 N–H and O–H groups in total. The molecule has 0 bridgehead atoms. The molecule has 0 radical (unpaired) electrons. The normalized spacial score (nSPS) is 12.7. The number of benzene rings is 2. The average Bonchev–Trinajstić information content (AvgIpc) is 2.91. The van der Waals surface area contributed by atoms with E-state index in [0.717, 1.165) is 5.56 Å². The molecule has 3 nitrogen and oxygen atoms in total. The van der Waals surface area contributed by atoms with E-state index < -0.39 is 0 Å². The van der Waals surface area contributed by atoms with E-state index in [2.05, 4.69) is 35.4 Å². The van der Waals surface area contributed by atoms with E-state index in [9.17, 15) is 0 Å². The van der Waals surface area contributed by atoms with Crippen LogP contribution in [-0.4, -0.2) is 9.78 Å². The van der Waals surface area contributed by atoms with Gasteiger partial charge in [0.25, 0.3) is 0 Å². The molecule has 1 unspecified atom stereocenters. The molecule has 3 heteroatoms. The molecule has 0 amide bonds. The van der Waals surface area contributed by atoms with Gasteiger partial charge in [-0.2, -0.15) is 5.10 Å². The SMILES string of the molecule is NC(Cn1cccn1)c1ccc2ccccc2c1. The van der Waals surface area contributed by atoms with Crippen molar-refractivity contribution in [2.24, 2.45) is 5.73 Å². The summed E-state index contributed by atoms with van der Waals surface area (Å²) in [5.74, 6) is 0. The van der Waals surface area contributed by atoms with Crippen molar-refractivity contribution in [3.8, 4) is 0 Å². The summed E-state index contributed by atoms with van der Waals surface area (Å²) in [5, 5.41) is 6.65. The number of hydrogen-bond donors (Lipinski definition) is 1. The first-order valence-electron chi connectivity index (χ1n) is 6.04. The van der Waals surface area contributed by atoms with Crippen molar-refractivity contribution in [3.05, 3.63) is 66.5 Å². The lowest BCUT2D eigenvalue weighted by Crippen LogP contribution is -2.17. The molecule has 3 aromatic rings. The van der Waals surface area contributed by atoms with E-state index in [1.165, 1.54) is 10.8 Å². The van der Waals surface area contributed by atoms with Gasteiger partial charge >= 0.3 is 0 Å². The number of nitrogens with two attached hydrogens (primary N) is 1. The van der Waals surface area contributed by atoms with Gasteiger partial charge < -0.3 is 5.73 Å². The highest BCUT2D eigenvalue weighted by molar-refractivity contribution is 5.83. The van der Waals surface area contributed by atoms with Gasteiger partial charge in [-0.25, -0.2) is 0 Å². The standard InChI is InChI=1S/C15H15N3/c16-15(11-18-9-3-8-17-18)14-7-6-12-4-1-2-5-13(12)10-14/h1-10,15H,11,16H2. The van der Waals surface area contributed by atoms with Crippen LogP contribution in [0.25, 0.3) is 10.8 Å². The minimum Gasteiger partial charge on any atom is -0.322 e. The molecule has 0 saturated heterocycles. The molecule has 1 atom stereocenters. The lowest BCUT2D eigenvalue weighted by Gasteiger charge is -2.13. The van der Waals surface area contributed by atoms with Crippen LogP contribution >= 0.6 is 0 Å². The topological polar surface area (TPSA) is 43.8 Å². The van der Waals surface area contributed by atoms with Gasteiger partial charge in [-0.3, -0.25) is 4.68 Å². The third-order valence-electron chi connectivity index (χ3n) is 3.14.